The molecule has 0 saturated carbocycles. The predicted molar refractivity (Wildman–Crippen MR) is 92.0 cm³/mol. The van der Waals surface area contributed by atoms with Crippen molar-refractivity contribution >= 4 is 11.7 Å². The number of piperidine rings is 1. The summed E-state index contributed by atoms with van der Waals surface area (Å²) >= 11 is 0. The van der Waals surface area contributed by atoms with Gasteiger partial charge in [-0.05, 0) is 18.9 Å². The highest BCUT2D eigenvalue weighted by atomic mass is 16.2. The van der Waals surface area contributed by atoms with Gasteiger partial charge in [0.2, 0.25) is 5.91 Å². The molecular weight excluding hydrogens is 304 g/mol. The summed E-state index contributed by atoms with van der Waals surface area (Å²) in [5, 5.41) is 4.20. The van der Waals surface area contributed by atoms with Gasteiger partial charge >= 0.3 is 0 Å². The summed E-state index contributed by atoms with van der Waals surface area (Å²) in [6.45, 7) is 5.64. The van der Waals surface area contributed by atoms with Gasteiger partial charge < -0.3 is 9.80 Å². The Balaban J connectivity index is 1.65. The first kappa shape index (κ1) is 16.4. The molecule has 0 unspecified atom stereocenters. The highest BCUT2D eigenvalue weighted by Crippen LogP contribution is 2.21. The van der Waals surface area contributed by atoms with E-state index in [2.05, 4.69) is 20.0 Å². The van der Waals surface area contributed by atoms with E-state index in [1.165, 1.54) is 0 Å². The SMILES string of the molecule is CC(C)C(=O)N(C)C1CCN(c2cncc(-n3cccn3)n2)CC1. The third-order valence-electron chi connectivity index (χ3n) is 4.53. The minimum atomic E-state index is 0.0460. The summed E-state index contributed by atoms with van der Waals surface area (Å²) in [7, 11) is 1.92. The number of hydrogen-bond acceptors (Lipinski definition) is 5. The summed E-state index contributed by atoms with van der Waals surface area (Å²) in [6, 6.07) is 2.17. The van der Waals surface area contributed by atoms with E-state index in [1.54, 1.807) is 23.3 Å². The fourth-order valence-corrected chi connectivity index (χ4v) is 3.08. The zero-order valence-electron chi connectivity index (χ0n) is 14.5. The summed E-state index contributed by atoms with van der Waals surface area (Å²) in [6.07, 6.45) is 8.97. The number of aromatic nitrogens is 4. The average molecular weight is 328 g/mol. The topological polar surface area (TPSA) is 67.2 Å². The monoisotopic (exact) mass is 328 g/mol. The number of anilines is 1. The standard InChI is InChI=1S/C17H24N6O/c1-13(2)17(24)21(3)14-5-9-22(10-6-14)15-11-18-12-16(20-15)23-8-4-7-19-23/h4,7-8,11-14H,5-6,9-10H2,1-3H3. The Morgan fingerprint density at radius 3 is 2.58 bits per heavy atom. The van der Waals surface area contributed by atoms with Crippen LogP contribution in [-0.2, 0) is 4.79 Å². The van der Waals surface area contributed by atoms with Crippen molar-refractivity contribution in [2.24, 2.45) is 5.92 Å². The number of hydrogen-bond donors (Lipinski definition) is 0. The maximum Gasteiger partial charge on any atom is 0.225 e. The van der Waals surface area contributed by atoms with Gasteiger partial charge in [0.1, 0.15) is 5.82 Å². The Morgan fingerprint density at radius 2 is 1.96 bits per heavy atom. The van der Waals surface area contributed by atoms with E-state index < -0.39 is 0 Å². The van der Waals surface area contributed by atoms with Crippen LogP contribution in [0.15, 0.2) is 30.9 Å². The Morgan fingerprint density at radius 1 is 1.25 bits per heavy atom. The molecule has 0 spiro atoms. The van der Waals surface area contributed by atoms with E-state index in [9.17, 15) is 4.79 Å². The molecule has 0 bridgehead atoms. The van der Waals surface area contributed by atoms with Crippen LogP contribution in [0.4, 0.5) is 5.82 Å². The van der Waals surface area contributed by atoms with E-state index in [0.29, 0.717) is 11.9 Å². The van der Waals surface area contributed by atoms with Gasteiger partial charge in [-0.25, -0.2) is 9.67 Å². The molecule has 0 radical (unpaired) electrons. The van der Waals surface area contributed by atoms with E-state index in [0.717, 1.165) is 31.7 Å². The van der Waals surface area contributed by atoms with Crippen LogP contribution in [0.1, 0.15) is 26.7 Å². The van der Waals surface area contributed by atoms with E-state index in [-0.39, 0.29) is 11.8 Å². The first-order chi connectivity index (χ1) is 11.6. The molecule has 0 N–H and O–H groups in total. The van der Waals surface area contributed by atoms with Crippen LogP contribution >= 0.6 is 0 Å². The number of rotatable bonds is 4. The van der Waals surface area contributed by atoms with Gasteiger partial charge in [-0.15, -0.1) is 0 Å². The fraction of sp³-hybridized carbons (Fsp3) is 0.529. The maximum absolute atomic E-state index is 12.1. The highest BCUT2D eigenvalue weighted by Gasteiger charge is 2.27. The Bertz CT molecular complexity index is 676. The van der Waals surface area contributed by atoms with Gasteiger partial charge in [-0.3, -0.25) is 9.78 Å². The van der Waals surface area contributed by atoms with Crippen LogP contribution in [0.5, 0.6) is 0 Å². The molecule has 3 heterocycles. The van der Waals surface area contributed by atoms with Crippen molar-refractivity contribution in [2.75, 3.05) is 25.0 Å². The fourth-order valence-electron chi connectivity index (χ4n) is 3.08. The molecule has 1 saturated heterocycles. The van der Waals surface area contributed by atoms with E-state index in [4.69, 9.17) is 0 Å². The predicted octanol–water partition coefficient (Wildman–Crippen LogP) is 1.75. The molecule has 2 aromatic rings. The summed E-state index contributed by atoms with van der Waals surface area (Å²) < 4.78 is 1.71. The molecule has 0 atom stereocenters. The number of carbonyl (C=O) groups excluding carboxylic acids is 1. The molecule has 0 aliphatic carbocycles. The molecule has 1 aliphatic heterocycles. The van der Waals surface area contributed by atoms with Crippen LogP contribution < -0.4 is 4.90 Å². The zero-order valence-corrected chi connectivity index (χ0v) is 14.5. The lowest BCUT2D eigenvalue weighted by Gasteiger charge is -2.37. The van der Waals surface area contributed by atoms with Gasteiger partial charge in [0.25, 0.3) is 0 Å². The average Bonchev–Trinajstić information content (AvgIpc) is 3.15. The normalized spacial score (nSPS) is 15.8. The van der Waals surface area contributed by atoms with Gasteiger partial charge in [-0.2, -0.15) is 5.10 Å². The molecule has 1 fully saturated rings. The largest absolute Gasteiger partial charge is 0.355 e. The molecule has 1 amide bonds. The second-order valence-corrected chi connectivity index (χ2v) is 6.51. The van der Waals surface area contributed by atoms with Crippen LogP contribution in [0.3, 0.4) is 0 Å². The Labute approximate surface area is 142 Å². The molecule has 3 rings (SSSR count). The van der Waals surface area contributed by atoms with Crippen molar-refractivity contribution in [3.8, 4) is 5.82 Å². The first-order valence-corrected chi connectivity index (χ1v) is 8.40. The van der Waals surface area contributed by atoms with Gasteiger partial charge in [0.05, 0.1) is 12.4 Å². The van der Waals surface area contributed by atoms with Crippen molar-refractivity contribution in [3.63, 3.8) is 0 Å². The summed E-state index contributed by atoms with van der Waals surface area (Å²) in [5.74, 6) is 1.84. The molecule has 24 heavy (non-hydrogen) atoms. The molecule has 7 heteroatoms. The number of carbonyl (C=O) groups is 1. The molecular formula is C17H24N6O. The third kappa shape index (κ3) is 3.39. The van der Waals surface area contributed by atoms with Crippen LogP contribution in [0.25, 0.3) is 5.82 Å². The van der Waals surface area contributed by atoms with E-state index in [1.807, 2.05) is 38.1 Å². The summed E-state index contributed by atoms with van der Waals surface area (Å²) in [5.41, 5.74) is 0. The molecule has 7 nitrogen and oxygen atoms in total. The lowest BCUT2D eigenvalue weighted by atomic mass is 10.0. The Kier molecular flexibility index (Phi) is 4.78. The minimum absolute atomic E-state index is 0.0460. The second-order valence-electron chi connectivity index (χ2n) is 6.51. The molecule has 2 aromatic heterocycles. The smallest absolute Gasteiger partial charge is 0.225 e. The molecule has 128 valence electrons. The second kappa shape index (κ2) is 6.98. The van der Waals surface area contributed by atoms with Crippen LogP contribution in [0.2, 0.25) is 0 Å². The van der Waals surface area contributed by atoms with Crippen molar-refractivity contribution < 1.29 is 4.79 Å². The van der Waals surface area contributed by atoms with Gasteiger partial charge in [-0.1, -0.05) is 13.8 Å². The van der Waals surface area contributed by atoms with Crippen LogP contribution in [-0.4, -0.2) is 56.7 Å². The summed E-state index contributed by atoms with van der Waals surface area (Å²) in [4.78, 5) is 25.2. The highest BCUT2D eigenvalue weighted by molar-refractivity contribution is 5.78. The zero-order chi connectivity index (χ0) is 17.1. The van der Waals surface area contributed by atoms with Crippen molar-refractivity contribution in [3.05, 3.63) is 30.9 Å². The van der Waals surface area contributed by atoms with Crippen LogP contribution in [0, 0.1) is 5.92 Å². The van der Waals surface area contributed by atoms with Gasteiger partial charge in [0, 0.05) is 44.5 Å². The number of nitrogens with zero attached hydrogens (tertiary/aromatic N) is 6. The maximum atomic E-state index is 12.1. The first-order valence-electron chi connectivity index (χ1n) is 8.40. The lowest BCUT2D eigenvalue weighted by Crippen LogP contribution is -2.47. The third-order valence-corrected chi connectivity index (χ3v) is 4.53. The molecule has 1 aliphatic rings. The minimum Gasteiger partial charge on any atom is -0.355 e. The lowest BCUT2D eigenvalue weighted by molar-refractivity contribution is -0.135. The van der Waals surface area contributed by atoms with Crippen molar-refractivity contribution in [2.45, 2.75) is 32.7 Å². The van der Waals surface area contributed by atoms with Gasteiger partial charge in [0.15, 0.2) is 5.82 Å². The van der Waals surface area contributed by atoms with Crippen molar-refractivity contribution in [1.82, 2.24) is 24.6 Å². The number of amides is 1. The van der Waals surface area contributed by atoms with E-state index >= 15 is 0 Å². The Hall–Kier alpha value is -2.44. The quantitative estimate of drug-likeness (QED) is 0.855. The molecule has 0 aromatic carbocycles. The van der Waals surface area contributed by atoms with Crippen molar-refractivity contribution in [1.29, 1.82) is 0 Å².